The third kappa shape index (κ3) is 3.85. The molecule has 6 nitrogen and oxygen atoms in total. The van der Waals surface area contributed by atoms with E-state index in [1.165, 1.54) is 12.3 Å². The number of rotatable bonds is 4. The Kier molecular flexibility index (Phi) is 4.17. The SMILES string of the molecule is CC(C)(C)CNC(=O)c1cc(S(N)(=O)=O)cn1C1CCC1. The molecule has 1 saturated carbocycles. The molecule has 1 heterocycles. The summed E-state index contributed by atoms with van der Waals surface area (Å²) in [4.78, 5) is 12.3. The molecule has 1 aromatic heterocycles. The highest BCUT2D eigenvalue weighted by Gasteiger charge is 2.27. The van der Waals surface area contributed by atoms with E-state index >= 15 is 0 Å². The normalized spacial score (nSPS) is 16.6. The Morgan fingerprint density at radius 1 is 1.43 bits per heavy atom. The molecule has 1 aromatic rings. The summed E-state index contributed by atoms with van der Waals surface area (Å²) in [5, 5.41) is 8.02. The standard InChI is InChI=1S/C14H23N3O3S/c1-14(2,3)9-16-13(18)12-7-11(21(15,19)20)8-17(12)10-5-4-6-10/h7-8,10H,4-6,9H2,1-3H3,(H,16,18)(H2,15,19,20). The maximum atomic E-state index is 12.3. The lowest BCUT2D eigenvalue weighted by atomic mass is 9.92. The number of hydrogen-bond acceptors (Lipinski definition) is 3. The number of nitrogens with one attached hydrogen (secondary N) is 1. The van der Waals surface area contributed by atoms with Gasteiger partial charge in [-0.3, -0.25) is 4.79 Å². The van der Waals surface area contributed by atoms with Crippen LogP contribution in [0, 0.1) is 5.41 Å². The fourth-order valence-corrected chi connectivity index (χ4v) is 2.73. The lowest BCUT2D eigenvalue weighted by molar-refractivity contribution is 0.0924. The second kappa shape index (κ2) is 5.46. The van der Waals surface area contributed by atoms with E-state index in [2.05, 4.69) is 5.32 Å². The van der Waals surface area contributed by atoms with Crippen molar-refractivity contribution in [1.82, 2.24) is 9.88 Å². The third-order valence-electron chi connectivity index (χ3n) is 3.63. The second-order valence-corrected chi connectivity index (χ2v) is 8.40. The van der Waals surface area contributed by atoms with Gasteiger partial charge >= 0.3 is 0 Å². The number of nitrogens with two attached hydrogens (primary N) is 1. The Hall–Kier alpha value is -1.34. The van der Waals surface area contributed by atoms with Crippen LogP contribution in [-0.2, 0) is 10.0 Å². The van der Waals surface area contributed by atoms with Crippen LogP contribution in [0.2, 0.25) is 0 Å². The van der Waals surface area contributed by atoms with Gasteiger partial charge in [0, 0.05) is 18.8 Å². The first kappa shape index (κ1) is 16.0. The van der Waals surface area contributed by atoms with Crippen LogP contribution in [0.15, 0.2) is 17.2 Å². The van der Waals surface area contributed by atoms with Crippen LogP contribution < -0.4 is 10.5 Å². The molecule has 1 fully saturated rings. The number of sulfonamides is 1. The zero-order chi connectivity index (χ0) is 15.8. The second-order valence-electron chi connectivity index (χ2n) is 6.84. The van der Waals surface area contributed by atoms with Crippen molar-refractivity contribution >= 4 is 15.9 Å². The first-order valence-corrected chi connectivity index (χ1v) is 8.65. The van der Waals surface area contributed by atoms with Crippen LogP contribution in [0.3, 0.4) is 0 Å². The van der Waals surface area contributed by atoms with Crippen molar-refractivity contribution in [3.05, 3.63) is 18.0 Å². The van der Waals surface area contributed by atoms with Gasteiger partial charge in [0.15, 0.2) is 0 Å². The Balaban J connectivity index is 2.28. The predicted molar refractivity (Wildman–Crippen MR) is 80.5 cm³/mol. The highest BCUT2D eigenvalue weighted by molar-refractivity contribution is 7.89. The third-order valence-corrected chi connectivity index (χ3v) is 4.51. The van der Waals surface area contributed by atoms with E-state index in [4.69, 9.17) is 5.14 Å². The van der Waals surface area contributed by atoms with E-state index in [9.17, 15) is 13.2 Å². The predicted octanol–water partition coefficient (Wildman–Crippen LogP) is 1.64. The molecule has 21 heavy (non-hydrogen) atoms. The van der Waals surface area contributed by atoms with Crippen molar-refractivity contribution < 1.29 is 13.2 Å². The molecule has 0 radical (unpaired) electrons. The Bertz CT molecular complexity index is 637. The van der Waals surface area contributed by atoms with Crippen molar-refractivity contribution in [2.24, 2.45) is 10.6 Å². The molecule has 0 bridgehead atoms. The molecule has 0 spiro atoms. The molecule has 1 aliphatic rings. The molecule has 1 aliphatic carbocycles. The van der Waals surface area contributed by atoms with Gasteiger partial charge in [-0.05, 0) is 30.7 Å². The summed E-state index contributed by atoms with van der Waals surface area (Å²) in [7, 11) is -3.80. The van der Waals surface area contributed by atoms with Gasteiger partial charge in [-0.15, -0.1) is 0 Å². The first-order valence-electron chi connectivity index (χ1n) is 7.11. The van der Waals surface area contributed by atoms with E-state index in [1.54, 1.807) is 4.57 Å². The van der Waals surface area contributed by atoms with Gasteiger partial charge in [0.2, 0.25) is 10.0 Å². The minimum absolute atomic E-state index is 0.00434. The van der Waals surface area contributed by atoms with E-state index in [-0.39, 0.29) is 22.3 Å². The van der Waals surface area contributed by atoms with Crippen LogP contribution in [0.5, 0.6) is 0 Å². The molecule has 0 unspecified atom stereocenters. The van der Waals surface area contributed by atoms with Crippen LogP contribution in [0.1, 0.15) is 56.6 Å². The average Bonchev–Trinajstić information content (AvgIpc) is 2.67. The summed E-state index contributed by atoms with van der Waals surface area (Å²) < 4.78 is 24.8. The van der Waals surface area contributed by atoms with Crippen LogP contribution in [0.4, 0.5) is 0 Å². The zero-order valence-electron chi connectivity index (χ0n) is 12.7. The minimum atomic E-state index is -3.80. The molecule has 0 aromatic carbocycles. The fourth-order valence-electron chi connectivity index (χ4n) is 2.19. The van der Waals surface area contributed by atoms with E-state index in [0.29, 0.717) is 12.2 Å². The number of amides is 1. The summed E-state index contributed by atoms with van der Waals surface area (Å²) in [5.74, 6) is -0.258. The zero-order valence-corrected chi connectivity index (χ0v) is 13.5. The van der Waals surface area contributed by atoms with Gasteiger partial charge in [0.1, 0.15) is 10.6 Å². The van der Waals surface area contributed by atoms with Crippen molar-refractivity contribution in [2.45, 2.75) is 51.0 Å². The summed E-state index contributed by atoms with van der Waals surface area (Å²) in [6, 6.07) is 1.56. The molecule has 3 N–H and O–H groups in total. The summed E-state index contributed by atoms with van der Waals surface area (Å²) in [5.41, 5.74) is 0.333. The molecule has 0 saturated heterocycles. The molecule has 118 valence electrons. The molecule has 2 rings (SSSR count). The molecule has 0 atom stereocenters. The lowest BCUT2D eigenvalue weighted by Gasteiger charge is -2.29. The smallest absolute Gasteiger partial charge is 0.267 e. The number of aromatic nitrogens is 1. The van der Waals surface area contributed by atoms with Gasteiger partial charge in [-0.1, -0.05) is 20.8 Å². The molecule has 0 aliphatic heterocycles. The number of carbonyl (C=O) groups excluding carboxylic acids is 1. The average molecular weight is 313 g/mol. The Labute approximate surface area is 125 Å². The van der Waals surface area contributed by atoms with Gasteiger partial charge in [-0.2, -0.15) is 0 Å². The lowest BCUT2D eigenvalue weighted by Crippen LogP contribution is -2.34. The van der Waals surface area contributed by atoms with E-state index in [0.717, 1.165) is 19.3 Å². The molecular formula is C14H23N3O3S. The monoisotopic (exact) mass is 313 g/mol. The first-order chi connectivity index (χ1) is 9.58. The highest BCUT2D eigenvalue weighted by Crippen LogP contribution is 2.34. The van der Waals surface area contributed by atoms with Crippen molar-refractivity contribution in [2.75, 3.05) is 6.54 Å². The summed E-state index contributed by atoms with van der Waals surface area (Å²) in [6.07, 6.45) is 4.48. The van der Waals surface area contributed by atoms with Crippen molar-refractivity contribution in [3.63, 3.8) is 0 Å². The van der Waals surface area contributed by atoms with Gasteiger partial charge < -0.3 is 9.88 Å². The van der Waals surface area contributed by atoms with Crippen LogP contribution >= 0.6 is 0 Å². The maximum absolute atomic E-state index is 12.3. The number of hydrogen-bond donors (Lipinski definition) is 2. The Morgan fingerprint density at radius 3 is 2.48 bits per heavy atom. The minimum Gasteiger partial charge on any atom is -0.350 e. The maximum Gasteiger partial charge on any atom is 0.267 e. The molecule has 7 heteroatoms. The van der Waals surface area contributed by atoms with Crippen LogP contribution in [0.25, 0.3) is 0 Å². The summed E-state index contributed by atoms with van der Waals surface area (Å²) >= 11 is 0. The van der Waals surface area contributed by atoms with Crippen LogP contribution in [-0.4, -0.2) is 25.4 Å². The van der Waals surface area contributed by atoms with Gasteiger partial charge in [0.05, 0.1) is 0 Å². The number of primary sulfonamides is 1. The van der Waals surface area contributed by atoms with Gasteiger partial charge in [-0.25, -0.2) is 13.6 Å². The summed E-state index contributed by atoms with van der Waals surface area (Å²) in [6.45, 7) is 6.59. The fraction of sp³-hybridized carbons (Fsp3) is 0.643. The molecule has 1 amide bonds. The van der Waals surface area contributed by atoms with Crippen molar-refractivity contribution in [3.8, 4) is 0 Å². The number of nitrogens with zero attached hydrogens (tertiary/aromatic N) is 1. The van der Waals surface area contributed by atoms with Crippen molar-refractivity contribution in [1.29, 1.82) is 0 Å². The Morgan fingerprint density at radius 2 is 2.05 bits per heavy atom. The molecular weight excluding hydrogens is 290 g/mol. The van der Waals surface area contributed by atoms with Gasteiger partial charge in [0.25, 0.3) is 5.91 Å². The van der Waals surface area contributed by atoms with E-state index < -0.39 is 10.0 Å². The number of carbonyl (C=O) groups is 1. The topological polar surface area (TPSA) is 94.2 Å². The quantitative estimate of drug-likeness (QED) is 0.884. The highest BCUT2D eigenvalue weighted by atomic mass is 32.2. The van der Waals surface area contributed by atoms with E-state index in [1.807, 2.05) is 20.8 Å². The largest absolute Gasteiger partial charge is 0.350 e.